The van der Waals surface area contributed by atoms with Crippen molar-refractivity contribution in [2.45, 2.75) is 96.9 Å². The molecule has 2 aromatic carbocycles. The van der Waals surface area contributed by atoms with Crippen LogP contribution in [0.25, 0.3) is 0 Å². The highest BCUT2D eigenvalue weighted by molar-refractivity contribution is 6.06. The van der Waals surface area contributed by atoms with E-state index in [4.69, 9.17) is 23.7 Å². The second kappa shape index (κ2) is 12.3. The molecule has 0 radical (unpaired) electrons. The van der Waals surface area contributed by atoms with Crippen molar-refractivity contribution in [3.63, 3.8) is 0 Å². The third-order valence-electron chi connectivity index (χ3n) is 11.0. The van der Waals surface area contributed by atoms with E-state index in [9.17, 15) is 19.8 Å². The molecule has 2 N–H and O–H groups in total. The highest BCUT2D eigenvalue weighted by Gasteiger charge is 2.81. The van der Waals surface area contributed by atoms with Gasteiger partial charge in [0.25, 0.3) is 0 Å². The van der Waals surface area contributed by atoms with Crippen molar-refractivity contribution in [3.8, 4) is 0 Å². The number of benzene rings is 2. The normalized spacial score (nSPS) is 34.5. The molecule has 1 aliphatic heterocycles. The monoisotopic (exact) mass is 622 g/mol. The van der Waals surface area contributed by atoms with Crippen LogP contribution >= 0.6 is 0 Å². The van der Waals surface area contributed by atoms with Crippen molar-refractivity contribution < 1.29 is 43.5 Å². The summed E-state index contributed by atoms with van der Waals surface area (Å²) >= 11 is 0. The number of esters is 1. The van der Waals surface area contributed by atoms with Gasteiger partial charge in [-0.3, -0.25) is 9.59 Å². The standard InChI is InChI=1S/C36H46O9/c1-24-17-18-35(44-23-42-21-27-15-11-8-12-16-27)33(5,36(40)30(39)29(38)25(2)32(36,3)4)19-28(37)45-34(35,6)31(24)43-22-41-20-26-13-9-7-10-14-26/h7-16,24,31,38,40H,17-23H2,1-6H3/t24?,31?,33-,34?,35?,36?/m0/s1. The molecule has 0 spiro atoms. The number of fused-ring (bicyclic) bond motifs is 1. The lowest BCUT2D eigenvalue weighted by atomic mass is 9.45. The molecule has 1 heterocycles. The van der Waals surface area contributed by atoms with E-state index in [0.29, 0.717) is 25.0 Å². The first-order valence-corrected chi connectivity index (χ1v) is 15.6. The highest BCUT2D eigenvalue weighted by atomic mass is 16.7. The number of carbonyl (C=O) groups excluding carboxylic acids is 2. The summed E-state index contributed by atoms with van der Waals surface area (Å²) in [5.74, 6) is -2.02. The summed E-state index contributed by atoms with van der Waals surface area (Å²) in [5, 5.41) is 23.6. The molecular weight excluding hydrogens is 576 g/mol. The van der Waals surface area contributed by atoms with Crippen molar-refractivity contribution in [2.24, 2.45) is 16.7 Å². The van der Waals surface area contributed by atoms with E-state index in [2.05, 4.69) is 0 Å². The van der Waals surface area contributed by atoms with Gasteiger partial charge in [0.2, 0.25) is 5.78 Å². The number of ketones is 1. The molecule has 2 fully saturated rings. The maximum atomic E-state index is 13.9. The molecule has 1 saturated carbocycles. The van der Waals surface area contributed by atoms with E-state index < -0.39 is 51.2 Å². The van der Waals surface area contributed by atoms with Crippen molar-refractivity contribution in [3.05, 3.63) is 83.1 Å². The minimum atomic E-state index is -2.22. The third-order valence-corrected chi connectivity index (χ3v) is 11.0. The summed E-state index contributed by atoms with van der Waals surface area (Å²) in [6, 6.07) is 19.4. The van der Waals surface area contributed by atoms with Crippen LogP contribution in [0, 0.1) is 16.7 Å². The van der Waals surface area contributed by atoms with Crippen LogP contribution in [-0.2, 0) is 46.5 Å². The largest absolute Gasteiger partial charge is 0.504 e. The van der Waals surface area contributed by atoms with Gasteiger partial charge >= 0.3 is 5.97 Å². The van der Waals surface area contributed by atoms with Gasteiger partial charge in [-0.15, -0.1) is 0 Å². The topological polar surface area (TPSA) is 121 Å². The van der Waals surface area contributed by atoms with Gasteiger partial charge in [-0.05, 0) is 49.3 Å². The molecule has 1 saturated heterocycles. The number of carbonyl (C=O) groups is 2. The Bertz CT molecular complexity index is 1420. The Morgan fingerprint density at radius 1 is 0.889 bits per heavy atom. The summed E-state index contributed by atoms with van der Waals surface area (Å²) in [7, 11) is 0. The number of aliphatic hydroxyl groups is 2. The zero-order chi connectivity index (χ0) is 32.7. The molecule has 5 rings (SSSR count). The van der Waals surface area contributed by atoms with Gasteiger partial charge in [0.05, 0.1) is 19.6 Å². The van der Waals surface area contributed by atoms with E-state index in [1.165, 1.54) is 0 Å². The molecule has 9 nitrogen and oxygen atoms in total. The van der Waals surface area contributed by atoms with Gasteiger partial charge in [0.15, 0.2) is 11.4 Å². The molecule has 45 heavy (non-hydrogen) atoms. The maximum absolute atomic E-state index is 13.9. The Balaban J connectivity index is 1.53. The average molecular weight is 623 g/mol. The first kappa shape index (κ1) is 33.3. The molecule has 6 atom stereocenters. The number of hydrogen-bond donors (Lipinski definition) is 2. The van der Waals surface area contributed by atoms with E-state index >= 15 is 0 Å². The second-order valence-electron chi connectivity index (χ2n) is 13.7. The van der Waals surface area contributed by atoms with E-state index in [1.54, 1.807) is 34.6 Å². The lowest BCUT2D eigenvalue weighted by molar-refractivity contribution is -0.365. The Kier molecular flexibility index (Phi) is 9.07. The number of hydrogen-bond acceptors (Lipinski definition) is 9. The predicted molar refractivity (Wildman–Crippen MR) is 166 cm³/mol. The minimum Gasteiger partial charge on any atom is -0.504 e. The quantitative estimate of drug-likeness (QED) is 0.182. The van der Waals surface area contributed by atoms with Gasteiger partial charge in [-0.1, -0.05) is 88.4 Å². The molecule has 3 aliphatic rings. The fourth-order valence-corrected chi connectivity index (χ4v) is 8.25. The number of ether oxygens (including phenoxy) is 5. The summed E-state index contributed by atoms with van der Waals surface area (Å²) in [4.78, 5) is 27.6. The molecule has 0 bridgehead atoms. The van der Waals surface area contributed by atoms with Crippen molar-refractivity contribution in [1.82, 2.24) is 0 Å². The molecule has 0 aromatic heterocycles. The molecule has 0 amide bonds. The molecule has 2 aliphatic carbocycles. The predicted octanol–water partition coefficient (Wildman–Crippen LogP) is 5.79. The molecule has 2 aromatic rings. The summed E-state index contributed by atoms with van der Waals surface area (Å²) < 4.78 is 31.3. The first-order valence-electron chi connectivity index (χ1n) is 15.6. The smallest absolute Gasteiger partial charge is 0.307 e. The van der Waals surface area contributed by atoms with Crippen molar-refractivity contribution in [1.29, 1.82) is 0 Å². The van der Waals surface area contributed by atoms with Crippen LogP contribution in [0.4, 0.5) is 0 Å². The molecule has 244 valence electrons. The fraction of sp³-hybridized carbons (Fsp3) is 0.556. The van der Waals surface area contributed by atoms with Crippen LogP contribution in [0.5, 0.6) is 0 Å². The minimum absolute atomic E-state index is 0.0789. The van der Waals surface area contributed by atoms with Crippen LogP contribution in [0.2, 0.25) is 0 Å². The van der Waals surface area contributed by atoms with Gasteiger partial charge in [0.1, 0.15) is 30.9 Å². The van der Waals surface area contributed by atoms with Gasteiger partial charge in [-0.25, -0.2) is 0 Å². The Morgan fingerprint density at radius 3 is 1.98 bits per heavy atom. The van der Waals surface area contributed by atoms with Crippen LogP contribution in [-0.4, -0.2) is 58.5 Å². The lowest BCUT2D eigenvalue weighted by Crippen LogP contribution is -2.82. The van der Waals surface area contributed by atoms with Gasteiger partial charge in [0, 0.05) is 10.8 Å². The highest BCUT2D eigenvalue weighted by Crippen LogP contribution is 2.67. The lowest BCUT2D eigenvalue weighted by Gasteiger charge is -2.68. The number of aliphatic hydroxyl groups excluding tert-OH is 1. The van der Waals surface area contributed by atoms with Crippen LogP contribution in [0.15, 0.2) is 72.0 Å². The van der Waals surface area contributed by atoms with E-state index in [1.807, 2.05) is 67.6 Å². The van der Waals surface area contributed by atoms with E-state index in [-0.39, 0.29) is 32.5 Å². The summed E-state index contributed by atoms with van der Waals surface area (Å²) in [6.45, 7) is 10.8. The fourth-order valence-electron chi connectivity index (χ4n) is 8.25. The average Bonchev–Trinajstić information content (AvgIpc) is 3.13. The van der Waals surface area contributed by atoms with Gasteiger partial charge in [-0.2, -0.15) is 0 Å². The molecule has 5 unspecified atom stereocenters. The SMILES string of the molecule is CC1=C(O)C(=O)C(O)([C@@]2(C)CC(=O)OC3(C)C(OCOCc4ccccc4)C(C)CCC32OCOCc2ccccc2)C1(C)C. The Morgan fingerprint density at radius 2 is 1.44 bits per heavy atom. The van der Waals surface area contributed by atoms with Gasteiger partial charge < -0.3 is 33.9 Å². The Labute approximate surface area is 265 Å². The van der Waals surface area contributed by atoms with Crippen LogP contribution in [0.1, 0.15) is 71.9 Å². The van der Waals surface area contributed by atoms with Crippen LogP contribution < -0.4 is 0 Å². The first-order chi connectivity index (χ1) is 21.2. The summed E-state index contributed by atoms with van der Waals surface area (Å²) in [5.41, 5.74) is -5.68. The number of Topliss-reactive ketones (excluding diaryl/α,β-unsaturated/α-hetero) is 1. The van der Waals surface area contributed by atoms with Crippen molar-refractivity contribution >= 4 is 11.8 Å². The zero-order valence-corrected chi connectivity index (χ0v) is 27.1. The summed E-state index contributed by atoms with van der Waals surface area (Å²) in [6.07, 6.45) is -0.127. The molecule has 9 heteroatoms. The Hall–Kier alpha value is -3.08. The second-order valence-corrected chi connectivity index (χ2v) is 13.7. The third kappa shape index (κ3) is 5.13. The zero-order valence-electron chi connectivity index (χ0n) is 27.1. The van der Waals surface area contributed by atoms with Crippen molar-refractivity contribution in [2.75, 3.05) is 13.6 Å². The van der Waals surface area contributed by atoms with E-state index in [0.717, 1.165) is 11.1 Å². The molecular formula is C36H46O9. The van der Waals surface area contributed by atoms with Crippen LogP contribution in [0.3, 0.4) is 0 Å². The maximum Gasteiger partial charge on any atom is 0.307 e. The number of rotatable bonds is 11.